The second-order valence-electron chi connectivity index (χ2n) is 11.6. The number of unbranched alkanes of at least 4 members (excludes halogenated alkanes) is 6. The van der Waals surface area contributed by atoms with Gasteiger partial charge < -0.3 is 31.1 Å². The first-order valence-corrected chi connectivity index (χ1v) is 16.9. The lowest BCUT2D eigenvalue weighted by molar-refractivity contribution is -0.856. The van der Waals surface area contributed by atoms with Crippen molar-refractivity contribution in [1.82, 2.24) is 10.6 Å². The third-order valence-electron chi connectivity index (χ3n) is 6.83. The fraction of sp³-hybridized carbons (Fsp3) is 0.588. The van der Waals surface area contributed by atoms with Gasteiger partial charge in [-0.25, -0.2) is 0 Å². The molecule has 0 amide bonds. The summed E-state index contributed by atoms with van der Waals surface area (Å²) in [5.41, 5.74) is 4.53. The molecule has 8 heteroatoms. The van der Waals surface area contributed by atoms with E-state index in [1.165, 1.54) is 66.9 Å². The molecule has 0 aliphatic heterocycles. The zero-order valence-corrected chi connectivity index (χ0v) is 29.0. The van der Waals surface area contributed by atoms with E-state index < -0.39 is 0 Å². The topological polar surface area (TPSA) is 57.0 Å². The van der Waals surface area contributed by atoms with Crippen molar-refractivity contribution in [3.63, 3.8) is 0 Å². The molecule has 2 aromatic carbocycles. The number of anilines is 2. The second-order valence-corrected chi connectivity index (χ2v) is 12.4. The van der Waals surface area contributed by atoms with E-state index in [1.807, 2.05) is 0 Å². The van der Waals surface area contributed by atoms with Crippen molar-refractivity contribution in [3.05, 3.63) is 59.7 Å². The van der Waals surface area contributed by atoms with E-state index in [0.717, 1.165) is 66.1 Å². The third kappa shape index (κ3) is 19.0. The molecule has 236 valence electrons. The van der Waals surface area contributed by atoms with Crippen molar-refractivity contribution in [2.24, 2.45) is 0 Å². The molecule has 0 bridgehead atoms. The summed E-state index contributed by atoms with van der Waals surface area (Å²) >= 11 is 10.8. The van der Waals surface area contributed by atoms with E-state index in [-0.39, 0.29) is 0 Å². The second kappa shape index (κ2) is 24.2. The van der Waals surface area contributed by atoms with Crippen LogP contribution in [0.3, 0.4) is 0 Å². The molecule has 42 heavy (non-hydrogen) atoms. The normalized spacial score (nSPS) is 10.7. The van der Waals surface area contributed by atoms with Gasteiger partial charge in [0.05, 0.1) is 54.4 Å². The smallest absolute Gasteiger partial charge is 0.106 e. The van der Waals surface area contributed by atoms with E-state index in [9.17, 15) is 0 Å². The molecule has 2 aromatic rings. The summed E-state index contributed by atoms with van der Waals surface area (Å²) in [6, 6.07) is 16.8. The monoisotopic (exact) mass is 616 g/mol. The van der Waals surface area contributed by atoms with Crippen LogP contribution in [-0.2, 0) is 0 Å². The minimum Gasteiger partial charge on any atom is -0.385 e. The fourth-order valence-electron chi connectivity index (χ4n) is 4.08. The molecule has 0 aliphatic carbocycles. The van der Waals surface area contributed by atoms with Gasteiger partial charge in [-0.2, -0.15) is 0 Å². The largest absolute Gasteiger partial charge is 0.385 e. The molecule has 0 aliphatic rings. The van der Waals surface area contributed by atoms with Crippen LogP contribution in [0.15, 0.2) is 48.5 Å². The van der Waals surface area contributed by atoms with E-state index in [1.54, 1.807) is 0 Å². The van der Waals surface area contributed by atoms with Crippen LogP contribution in [0.1, 0.15) is 76.3 Å². The van der Waals surface area contributed by atoms with Gasteiger partial charge in [-0.15, -0.1) is 0 Å². The van der Waals surface area contributed by atoms with Gasteiger partial charge in [0, 0.05) is 35.6 Å². The number of nitrogens with one attached hydrogen (secondary N) is 6. The lowest BCUT2D eigenvalue weighted by Crippen LogP contribution is -3.06. The lowest BCUT2D eigenvalue weighted by Gasteiger charge is -2.11. The maximum Gasteiger partial charge on any atom is 0.106 e. The van der Waals surface area contributed by atoms with Crippen LogP contribution in [0.2, 0.25) is 0 Å². The summed E-state index contributed by atoms with van der Waals surface area (Å²) in [5.74, 6) is 0. The molecular weight excluding hydrogens is 557 g/mol. The van der Waals surface area contributed by atoms with Crippen molar-refractivity contribution in [2.45, 2.75) is 65.2 Å². The van der Waals surface area contributed by atoms with Crippen LogP contribution < -0.4 is 31.1 Å². The van der Waals surface area contributed by atoms with Crippen LogP contribution in [0.25, 0.3) is 0 Å². The highest BCUT2D eigenvalue weighted by Gasteiger charge is 2.03. The minimum absolute atomic E-state index is 0.835. The van der Waals surface area contributed by atoms with E-state index in [2.05, 4.69) is 112 Å². The Morgan fingerprint density at radius 2 is 0.905 bits per heavy atom. The maximum absolute atomic E-state index is 5.43. The van der Waals surface area contributed by atoms with Crippen LogP contribution in [0, 0.1) is 0 Å². The quantitative estimate of drug-likeness (QED) is 0.0993. The lowest BCUT2D eigenvalue weighted by atomic mass is 10.1. The first kappa shape index (κ1) is 37.8. The number of hydrogen-bond donors (Lipinski definition) is 6. The highest BCUT2D eigenvalue weighted by Crippen LogP contribution is 2.12. The summed E-state index contributed by atoms with van der Waals surface area (Å²) in [6.45, 7) is 10.5. The van der Waals surface area contributed by atoms with Crippen LogP contribution in [-0.4, -0.2) is 77.4 Å². The minimum atomic E-state index is 0.835. The zero-order chi connectivity index (χ0) is 31.0. The van der Waals surface area contributed by atoms with Crippen molar-refractivity contribution in [1.29, 1.82) is 0 Å². The van der Waals surface area contributed by atoms with Gasteiger partial charge in [0.25, 0.3) is 0 Å². The van der Waals surface area contributed by atoms with Gasteiger partial charge in [0.1, 0.15) is 9.98 Å². The molecule has 0 spiro atoms. The number of hydrogen-bond acceptors (Lipinski definition) is 4. The van der Waals surface area contributed by atoms with Crippen LogP contribution in [0.5, 0.6) is 0 Å². The number of quaternary nitrogens is 2. The fourth-order valence-corrected chi connectivity index (χ4v) is 4.56. The average Bonchev–Trinajstić information content (AvgIpc) is 2.97. The molecule has 0 saturated heterocycles. The number of thiocarbonyl (C=S) groups is 2. The van der Waals surface area contributed by atoms with Gasteiger partial charge >= 0.3 is 0 Å². The Morgan fingerprint density at radius 3 is 1.31 bits per heavy atom. The van der Waals surface area contributed by atoms with Crippen molar-refractivity contribution < 1.29 is 9.80 Å². The predicted molar refractivity (Wildman–Crippen MR) is 193 cm³/mol. The van der Waals surface area contributed by atoms with Crippen LogP contribution >= 0.6 is 24.4 Å². The van der Waals surface area contributed by atoms with Gasteiger partial charge in [-0.3, -0.25) is 0 Å². The molecule has 0 unspecified atom stereocenters. The van der Waals surface area contributed by atoms with Crippen LogP contribution in [0.4, 0.5) is 11.4 Å². The average molecular weight is 617 g/mol. The standard InChI is InChI=1S/C19H33N3S.C15H25N3S/c1-4-5-6-7-8-9-14-20-18-12-10-17(11-13-18)19(23)21-15-16-22(2)3;1-4-5-10-16-14-8-6-13(7-9-14)15(19)17-11-12-18(2)3/h10-13,20H,4-9,14-16H2,1-3H3,(H,21,23);6-9,16H,4-5,10-12H2,1-3H3,(H,17,19)/p+2. The Labute approximate surface area is 268 Å². The molecule has 6 N–H and O–H groups in total. The third-order valence-corrected chi connectivity index (χ3v) is 7.59. The zero-order valence-electron chi connectivity index (χ0n) is 27.3. The molecular formula is C34H60N6S2+2. The Kier molecular flexibility index (Phi) is 21.8. The van der Waals surface area contributed by atoms with E-state index in [0.29, 0.717) is 0 Å². The van der Waals surface area contributed by atoms with Crippen molar-refractivity contribution in [3.8, 4) is 0 Å². The summed E-state index contributed by atoms with van der Waals surface area (Å²) < 4.78 is 0. The van der Waals surface area contributed by atoms with Crippen molar-refractivity contribution in [2.75, 3.05) is 78.1 Å². The molecule has 0 radical (unpaired) electrons. The van der Waals surface area contributed by atoms with Crippen molar-refractivity contribution >= 4 is 45.8 Å². The van der Waals surface area contributed by atoms with E-state index >= 15 is 0 Å². The molecule has 0 fully saturated rings. The van der Waals surface area contributed by atoms with Gasteiger partial charge in [-0.1, -0.05) is 76.8 Å². The van der Waals surface area contributed by atoms with Gasteiger partial charge in [0.2, 0.25) is 0 Å². The highest BCUT2D eigenvalue weighted by atomic mass is 32.1. The Balaban J connectivity index is 0.000000428. The molecule has 0 heterocycles. The SMILES string of the molecule is CCCCCCCCNc1ccc(C(=S)NCC[NH+](C)C)cc1.CCCCNc1ccc(C(=S)NCC[NH+](C)C)cc1. The van der Waals surface area contributed by atoms with E-state index in [4.69, 9.17) is 24.4 Å². The molecule has 0 atom stereocenters. The molecule has 0 aromatic heterocycles. The predicted octanol–water partition coefficient (Wildman–Crippen LogP) is 4.18. The van der Waals surface area contributed by atoms with Gasteiger partial charge in [0.15, 0.2) is 0 Å². The summed E-state index contributed by atoms with van der Waals surface area (Å²) in [6.07, 6.45) is 10.4. The summed E-state index contributed by atoms with van der Waals surface area (Å²) in [4.78, 5) is 4.52. The Morgan fingerprint density at radius 1 is 0.524 bits per heavy atom. The number of likely N-dealkylation sites (N-methyl/N-ethyl adjacent to an activating group) is 2. The summed E-state index contributed by atoms with van der Waals surface area (Å²) in [5, 5.41) is 13.5. The molecule has 6 nitrogen and oxygen atoms in total. The van der Waals surface area contributed by atoms with Gasteiger partial charge in [-0.05, 0) is 61.4 Å². The first-order valence-electron chi connectivity index (χ1n) is 16.1. The number of rotatable bonds is 20. The maximum atomic E-state index is 5.43. The number of benzene rings is 2. The molecule has 0 saturated carbocycles. The highest BCUT2D eigenvalue weighted by molar-refractivity contribution is 7.81. The Bertz CT molecular complexity index is 961. The first-order chi connectivity index (χ1) is 20.3. The summed E-state index contributed by atoms with van der Waals surface area (Å²) in [7, 11) is 8.58. The molecule has 2 rings (SSSR count). The Hall–Kier alpha value is -2.26.